The average Bonchev–Trinajstić information content (AvgIpc) is 2.99. The number of rotatable bonds is 6. The molecule has 2 aromatic carbocycles. The van der Waals surface area contributed by atoms with Crippen LogP contribution in [0.2, 0.25) is 0 Å². The van der Waals surface area contributed by atoms with Gasteiger partial charge in [-0.25, -0.2) is 0 Å². The zero-order valence-electron chi connectivity index (χ0n) is 15.6. The van der Waals surface area contributed by atoms with E-state index < -0.39 is 0 Å². The minimum Gasteiger partial charge on any atom is -0.341 e. The fourth-order valence-corrected chi connectivity index (χ4v) is 4.16. The highest BCUT2D eigenvalue weighted by atomic mass is 35.5. The summed E-state index contributed by atoms with van der Waals surface area (Å²) < 4.78 is 2.41. The van der Waals surface area contributed by atoms with Crippen LogP contribution in [-0.2, 0) is 13.1 Å². The molecule has 0 spiro atoms. The molecule has 138 valence electrons. The first kappa shape index (κ1) is 19.0. The van der Waals surface area contributed by atoms with Crippen LogP contribution < -0.4 is 5.32 Å². The molecule has 0 saturated heterocycles. The van der Waals surface area contributed by atoms with Gasteiger partial charge in [-0.3, -0.25) is 0 Å². The van der Waals surface area contributed by atoms with Crippen molar-refractivity contribution in [3.63, 3.8) is 0 Å². The van der Waals surface area contributed by atoms with Crippen molar-refractivity contribution in [1.29, 1.82) is 0 Å². The molecule has 0 fully saturated rings. The number of aromatic nitrogens is 1. The monoisotopic (exact) mass is 368 g/mol. The molecule has 0 amide bonds. The van der Waals surface area contributed by atoms with Crippen LogP contribution in [0.5, 0.6) is 0 Å². The van der Waals surface area contributed by atoms with Gasteiger partial charge in [-0.1, -0.05) is 35.9 Å². The summed E-state index contributed by atoms with van der Waals surface area (Å²) in [5, 5.41) is 6.39. The van der Waals surface area contributed by atoms with Crippen molar-refractivity contribution in [2.45, 2.75) is 52.1 Å². The maximum atomic E-state index is 3.63. The van der Waals surface area contributed by atoms with Crippen molar-refractivity contribution in [1.82, 2.24) is 9.88 Å². The highest BCUT2D eigenvalue weighted by Crippen LogP contribution is 2.29. The molecular formula is C23H29ClN2. The Morgan fingerprint density at radius 2 is 1.85 bits per heavy atom. The Hall–Kier alpha value is -1.77. The largest absolute Gasteiger partial charge is 0.341 e. The van der Waals surface area contributed by atoms with Crippen LogP contribution in [0.1, 0.15) is 44.6 Å². The fourth-order valence-electron chi connectivity index (χ4n) is 4.16. The fraction of sp³-hybridized carbons (Fsp3) is 0.391. The molecule has 4 rings (SSSR count). The van der Waals surface area contributed by atoms with Crippen LogP contribution in [-0.4, -0.2) is 11.1 Å². The number of hydrogen-bond acceptors (Lipinski definition) is 1. The molecule has 2 nitrogen and oxygen atoms in total. The summed E-state index contributed by atoms with van der Waals surface area (Å²) in [5.41, 5.74) is 5.72. The van der Waals surface area contributed by atoms with E-state index in [1.165, 1.54) is 59.5 Å². The van der Waals surface area contributed by atoms with E-state index in [4.69, 9.17) is 0 Å². The summed E-state index contributed by atoms with van der Waals surface area (Å²) in [6.45, 7) is 5.27. The smallest absolute Gasteiger partial charge is 0.0491 e. The molecule has 3 heteroatoms. The van der Waals surface area contributed by atoms with Gasteiger partial charge in [-0.15, -0.1) is 12.4 Å². The molecule has 0 bridgehead atoms. The van der Waals surface area contributed by atoms with Crippen molar-refractivity contribution < 1.29 is 0 Å². The standard InChI is InChI=1S/C23H28N2.ClH/c1-2-25-22-11-7-6-10-20(22)21-16-19(12-13-23(21)25)17-24-15-14-18-8-4-3-5-9-18;/h6-8,10-13,16,24H,2-5,9,14-15,17H2,1H3;1H. The Morgan fingerprint density at radius 1 is 1.00 bits per heavy atom. The molecule has 0 saturated carbocycles. The van der Waals surface area contributed by atoms with Crippen LogP contribution >= 0.6 is 12.4 Å². The SMILES string of the molecule is CCn1c2ccccc2c2cc(CNCCC3=CCCCC3)ccc21.Cl. The van der Waals surface area contributed by atoms with Crippen molar-refractivity contribution in [3.8, 4) is 0 Å². The highest BCUT2D eigenvalue weighted by Gasteiger charge is 2.09. The van der Waals surface area contributed by atoms with E-state index in [0.29, 0.717) is 0 Å². The number of halogens is 1. The Labute approximate surface area is 162 Å². The Balaban J connectivity index is 0.00000196. The van der Waals surface area contributed by atoms with Crippen molar-refractivity contribution in [3.05, 3.63) is 59.7 Å². The van der Waals surface area contributed by atoms with Crippen molar-refractivity contribution in [2.75, 3.05) is 6.54 Å². The second-order valence-electron chi connectivity index (χ2n) is 7.15. The zero-order chi connectivity index (χ0) is 17.1. The summed E-state index contributed by atoms with van der Waals surface area (Å²) in [6.07, 6.45) is 9.01. The van der Waals surface area contributed by atoms with Crippen molar-refractivity contribution in [2.24, 2.45) is 0 Å². The highest BCUT2D eigenvalue weighted by molar-refractivity contribution is 6.08. The second-order valence-corrected chi connectivity index (χ2v) is 7.15. The molecule has 26 heavy (non-hydrogen) atoms. The maximum Gasteiger partial charge on any atom is 0.0491 e. The van der Waals surface area contributed by atoms with E-state index >= 15 is 0 Å². The van der Waals surface area contributed by atoms with E-state index in [9.17, 15) is 0 Å². The number of aryl methyl sites for hydroxylation is 1. The van der Waals surface area contributed by atoms with Gasteiger partial charge in [0.05, 0.1) is 0 Å². The lowest BCUT2D eigenvalue weighted by Crippen LogP contribution is -2.15. The minimum atomic E-state index is 0. The molecule has 3 aromatic rings. The van der Waals surface area contributed by atoms with E-state index in [1.807, 2.05) is 0 Å². The van der Waals surface area contributed by atoms with Gasteiger partial charge >= 0.3 is 0 Å². The first-order valence-electron chi connectivity index (χ1n) is 9.75. The number of nitrogens with one attached hydrogen (secondary N) is 1. The van der Waals surface area contributed by atoms with Gasteiger partial charge in [-0.2, -0.15) is 0 Å². The Kier molecular flexibility index (Phi) is 6.39. The maximum absolute atomic E-state index is 3.63. The molecule has 0 radical (unpaired) electrons. The molecule has 0 atom stereocenters. The summed E-state index contributed by atoms with van der Waals surface area (Å²) >= 11 is 0. The van der Waals surface area contributed by atoms with Gasteiger partial charge in [0.1, 0.15) is 0 Å². The van der Waals surface area contributed by atoms with Crippen LogP contribution in [0.15, 0.2) is 54.1 Å². The van der Waals surface area contributed by atoms with E-state index in [2.05, 4.69) is 65.3 Å². The lowest BCUT2D eigenvalue weighted by molar-refractivity contribution is 0.632. The van der Waals surface area contributed by atoms with E-state index in [-0.39, 0.29) is 12.4 Å². The quantitative estimate of drug-likeness (QED) is 0.404. The van der Waals surface area contributed by atoms with Gasteiger partial charge in [-0.05, 0) is 69.3 Å². The molecule has 1 aliphatic carbocycles. The third-order valence-electron chi connectivity index (χ3n) is 5.49. The summed E-state index contributed by atoms with van der Waals surface area (Å²) in [6, 6.07) is 15.7. The van der Waals surface area contributed by atoms with Gasteiger partial charge in [0.2, 0.25) is 0 Å². The second kappa shape index (κ2) is 8.75. The van der Waals surface area contributed by atoms with Gasteiger partial charge in [0, 0.05) is 34.9 Å². The summed E-state index contributed by atoms with van der Waals surface area (Å²) in [7, 11) is 0. The van der Waals surface area contributed by atoms with Crippen LogP contribution in [0.25, 0.3) is 21.8 Å². The summed E-state index contributed by atoms with van der Waals surface area (Å²) in [4.78, 5) is 0. The number of hydrogen-bond donors (Lipinski definition) is 1. The Morgan fingerprint density at radius 3 is 2.65 bits per heavy atom. The Bertz CT molecular complexity index is 907. The minimum absolute atomic E-state index is 0. The third kappa shape index (κ3) is 3.82. The molecular weight excluding hydrogens is 340 g/mol. The normalized spacial score (nSPS) is 14.4. The number of allylic oxidation sites excluding steroid dienone is 1. The van der Waals surface area contributed by atoms with Crippen molar-refractivity contribution >= 4 is 34.2 Å². The molecule has 1 N–H and O–H groups in total. The van der Waals surface area contributed by atoms with Gasteiger partial charge in [0.25, 0.3) is 0 Å². The number of para-hydroxylation sites is 1. The predicted octanol–water partition coefficient (Wildman–Crippen LogP) is 6.22. The van der Waals surface area contributed by atoms with Crippen LogP contribution in [0.3, 0.4) is 0 Å². The average molecular weight is 369 g/mol. The van der Waals surface area contributed by atoms with E-state index in [0.717, 1.165) is 19.6 Å². The summed E-state index contributed by atoms with van der Waals surface area (Å²) in [5.74, 6) is 0. The first-order chi connectivity index (χ1) is 12.4. The first-order valence-corrected chi connectivity index (χ1v) is 9.75. The number of benzene rings is 2. The van der Waals surface area contributed by atoms with E-state index in [1.54, 1.807) is 5.57 Å². The van der Waals surface area contributed by atoms with Gasteiger partial charge in [0.15, 0.2) is 0 Å². The predicted molar refractivity (Wildman–Crippen MR) is 115 cm³/mol. The topological polar surface area (TPSA) is 17.0 Å². The van der Waals surface area contributed by atoms with Crippen LogP contribution in [0.4, 0.5) is 0 Å². The molecule has 1 aromatic heterocycles. The van der Waals surface area contributed by atoms with Crippen LogP contribution in [0, 0.1) is 0 Å². The third-order valence-corrected chi connectivity index (χ3v) is 5.49. The molecule has 0 unspecified atom stereocenters. The number of fused-ring (bicyclic) bond motifs is 3. The molecule has 1 aliphatic rings. The van der Waals surface area contributed by atoms with Gasteiger partial charge < -0.3 is 9.88 Å². The lowest BCUT2D eigenvalue weighted by atomic mass is 9.97. The molecule has 1 heterocycles. The number of nitrogens with zero attached hydrogens (tertiary/aromatic N) is 1. The zero-order valence-corrected chi connectivity index (χ0v) is 16.4. The lowest BCUT2D eigenvalue weighted by Gasteiger charge is -2.13. The molecule has 0 aliphatic heterocycles.